The third-order valence-electron chi connectivity index (χ3n) is 5.32. The van der Waals surface area contributed by atoms with Gasteiger partial charge < -0.3 is 14.2 Å². The number of pyridine rings is 1. The van der Waals surface area contributed by atoms with Gasteiger partial charge >= 0.3 is 0 Å². The Morgan fingerprint density at radius 1 is 0.853 bits per heavy atom. The minimum atomic E-state index is 0.373. The third-order valence-corrected chi connectivity index (χ3v) is 5.32. The number of nitrogens with zero attached hydrogens (tertiary/aromatic N) is 4. The Hall–Kier alpha value is -4.46. The van der Waals surface area contributed by atoms with Crippen LogP contribution in [0, 0.1) is 6.92 Å². The number of rotatable bonds is 8. The zero-order valence-corrected chi connectivity index (χ0v) is 18.9. The molecule has 2 aromatic heterocycles. The van der Waals surface area contributed by atoms with Gasteiger partial charge in [0.05, 0.1) is 23.9 Å². The maximum Gasteiger partial charge on any atom is 0.208 e. The summed E-state index contributed by atoms with van der Waals surface area (Å²) in [5.41, 5.74) is 4.58. The lowest BCUT2D eigenvalue weighted by Crippen LogP contribution is -2.00. The SMILES string of the molecule is COc1cc(COc2cc(C)cc(OCc3ccc4ccccc4n3)c2)ccc1-c1nn[nH]n1. The van der Waals surface area contributed by atoms with Crippen LogP contribution in [0.15, 0.2) is 72.8 Å². The standard InChI is InChI=1S/C26H23N5O3/c1-17-11-21(33-15-18-7-10-23(25(13-18)32-2)26-28-30-31-29-26)14-22(12-17)34-16-20-9-8-19-5-3-4-6-24(19)27-20/h3-14H,15-16H2,1-2H3,(H,28,29,30,31). The van der Waals surface area contributed by atoms with Crippen LogP contribution in [-0.4, -0.2) is 32.7 Å². The van der Waals surface area contributed by atoms with Crippen molar-refractivity contribution < 1.29 is 14.2 Å². The van der Waals surface area contributed by atoms with Crippen LogP contribution >= 0.6 is 0 Å². The molecule has 1 N–H and O–H groups in total. The summed E-state index contributed by atoms with van der Waals surface area (Å²) >= 11 is 0. The van der Waals surface area contributed by atoms with Crippen molar-refractivity contribution in [2.45, 2.75) is 20.1 Å². The molecular weight excluding hydrogens is 430 g/mol. The first kappa shape index (κ1) is 21.4. The van der Waals surface area contributed by atoms with Crippen LogP contribution in [0.3, 0.4) is 0 Å². The Morgan fingerprint density at radius 3 is 2.47 bits per heavy atom. The van der Waals surface area contributed by atoms with Crippen LogP contribution in [-0.2, 0) is 13.2 Å². The van der Waals surface area contributed by atoms with Crippen molar-refractivity contribution >= 4 is 10.9 Å². The highest BCUT2D eigenvalue weighted by Crippen LogP contribution is 2.29. The molecule has 3 aromatic carbocycles. The fourth-order valence-electron chi connectivity index (χ4n) is 3.68. The number of fused-ring (bicyclic) bond motifs is 1. The van der Waals surface area contributed by atoms with Gasteiger partial charge in [-0.3, -0.25) is 0 Å². The van der Waals surface area contributed by atoms with E-state index in [1.54, 1.807) is 7.11 Å². The molecule has 0 bridgehead atoms. The Balaban J connectivity index is 1.26. The number of hydrogen-bond acceptors (Lipinski definition) is 7. The minimum Gasteiger partial charge on any atom is -0.496 e. The number of aromatic amines is 1. The van der Waals surface area contributed by atoms with E-state index < -0.39 is 0 Å². The summed E-state index contributed by atoms with van der Waals surface area (Å²) in [4.78, 5) is 4.67. The quantitative estimate of drug-likeness (QED) is 0.357. The van der Waals surface area contributed by atoms with Gasteiger partial charge in [-0.15, -0.1) is 10.2 Å². The molecule has 34 heavy (non-hydrogen) atoms. The van der Waals surface area contributed by atoms with E-state index in [9.17, 15) is 0 Å². The van der Waals surface area contributed by atoms with Gasteiger partial charge in [0.1, 0.15) is 30.5 Å². The Labute approximate surface area is 196 Å². The maximum atomic E-state index is 6.05. The number of aryl methyl sites for hydroxylation is 1. The summed E-state index contributed by atoms with van der Waals surface area (Å²) in [5, 5.41) is 15.2. The minimum absolute atomic E-state index is 0.373. The van der Waals surface area contributed by atoms with Gasteiger partial charge in [-0.25, -0.2) is 4.98 Å². The van der Waals surface area contributed by atoms with Gasteiger partial charge in [-0.2, -0.15) is 5.21 Å². The molecule has 0 atom stereocenters. The van der Waals surface area contributed by atoms with E-state index >= 15 is 0 Å². The normalized spacial score (nSPS) is 10.9. The van der Waals surface area contributed by atoms with Crippen molar-refractivity contribution in [1.29, 1.82) is 0 Å². The van der Waals surface area contributed by atoms with Crippen molar-refractivity contribution in [3.8, 4) is 28.6 Å². The molecule has 8 nitrogen and oxygen atoms in total. The van der Waals surface area contributed by atoms with E-state index in [-0.39, 0.29) is 0 Å². The fraction of sp³-hybridized carbons (Fsp3) is 0.154. The first-order valence-corrected chi connectivity index (χ1v) is 10.8. The topological polar surface area (TPSA) is 95.0 Å². The Kier molecular flexibility index (Phi) is 6.03. The molecule has 170 valence electrons. The van der Waals surface area contributed by atoms with Gasteiger partial charge in [0.15, 0.2) is 0 Å². The monoisotopic (exact) mass is 453 g/mol. The number of para-hydroxylation sites is 1. The molecule has 0 spiro atoms. The number of nitrogens with one attached hydrogen (secondary N) is 1. The molecule has 0 radical (unpaired) electrons. The molecule has 0 unspecified atom stereocenters. The average molecular weight is 454 g/mol. The Bertz CT molecular complexity index is 1420. The van der Waals surface area contributed by atoms with E-state index in [0.717, 1.165) is 44.8 Å². The summed E-state index contributed by atoms with van der Waals surface area (Å²) in [6, 6.07) is 23.7. The number of benzene rings is 3. The van der Waals surface area contributed by atoms with Crippen molar-refractivity contribution in [2.24, 2.45) is 0 Å². The van der Waals surface area contributed by atoms with Crippen molar-refractivity contribution in [3.63, 3.8) is 0 Å². The van der Waals surface area contributed by atoms with E-state index in [1.807, 2.05) is 73.7 Å². The van der Waals surface area contributed by atoms with Gasteiger partial charge in [-0.05, 0) is 59.7 Å². The lowest BCUT2D eigenvalue weighted by atomic mass is 10.1. The largest absolute Gasteiger partial charge is 0.496 e. The highest BCUT2D eigenvalue weighted by Gasteiger charge is 2.11. The summed E-state index contributed by atoms with van der Waals surface area (Å²) in [7, 11) is 1.61. The van der Waals surface area contributed by atoms with Gasteiger partial charge in [0.2, 0.25) is 5.82 Å². The number of aromatic nitrogens is 5. The van der Waals surface area contributed by atoms with Gasteiger partial charge in [0, 0.05) is 11.5 Å². The number of ether oxygens (including phenoxy) is 3. The third kappa shape index (κ3) is 4.80. The highest BCUT2D eigenvalue weighted by molar-refractivity contribution is 5.78. The average Bonchev–Trinajstić information content (AvgIpc) is 3.40. The van der Waals surface area contributed by atoms with Crippen LogP contribution in [0.4, 0.5) is 0 Å². The molecule has 0 saturated carbocycles. The second kappa shape index (κ2) is 9.58. The molecule has 5 aromatic rings. The number of tetrazole rings is 1. The summed E-state index contributed by atoms with van der Waals surface area (Å²) in [6.45, 7) is 2.76. The number of hydrogen-bond donors (Lipinski definition) is 1. The molecule has 0 aliphatic rings. The lowest BCUT2D eigenvalue weighted by Gasteiger charge is -2.12. The van der Waals surface area contributed by atoms with Crippen LogP contribution in [0.2, 0.25) is 0 Å². The van der Waals surface area contributed by atoms with Crippen LogP contribution in [0.5, 0.6) is 17.2 Å². The molecule has 8 heteroatoms. The molecule has 2 heterocycles. The zero-order valence-electron chi connectivity index (χ0n) is 18.9. The molecule has 0 saturated heterocycles. The lowest BCUT2D eigenvalue weighted by molar-refractivity contribution is 0.287. The molecule has 0 fully saturated rings. The fourth-order valence-corrected chi connectivity index (χ4v) is 3.68. The predicted molar refractivity (Wildman–Crippen MR) is 128 cm³/mol. The van der Waals surface area contributed by atoms with Gasteiger partial charge in [0.25, 0.3) is 0 Å². The predicted octanol–water partition coefficient (Wildman–Crippen LogP) is 4.89. The number of H-pyrrole nitrogens is 1. The molecule has 5 rings (SSSR count). The summed E-state index contributed by atoms with van der Waals surface area (Å²) < 4.78 is 17.6. The van der Waals surface area contributed by atoms with Crippen molar-refractivity contribution in [1.82, 2.24) is 25.6 Å². The van der Waals surface area contributed by atoms with Crippen LogP contribution in [0.25, 0.3) is 22.3 Å². The number of methoxy groups -OCH3 is 1. The van der Waals surface area contributed by atoms with E-state index in [2.05, 4.69) is 31.7 Å². The first-order valence-electron chi connectivity index (χ1n) is 10.8. The Morgan fingerprint density at radius 2 is 1.68 bits per heavy atom. The van der Waals surface area contributed by atoms with Crippen LogP contribution in [0.1, 0.15) is 16.8 Å². The second-order valence-corrected chi connectivity index (χ2v) is 7.82. The van der Waals surface area contributed by atoms with Crippen molar-refractivity contribution in [2.75, 3.05) is 7.11 Å². The van der Waals surface area contributed by atoms with Crippen LogP contribution < -0.4 is 14.2 Å². The molecule has 0 amide bonds. The van der Waals surface area contributed by atoms with E-state index in [1.165, 1.54) is 0 Å². The highest BCUT2D eigenvalue weighted by atomic mass is 16.5. The zero-order chi connectivity index (χ0) is 23.3. The molecule has 0 aliphatic carbocycles. The summed E-state index contributed by atoms with van der Waals surface area (Å²) in [5.74, 6) is 2.59. The van der Waals surface area contributed by atoms with E-state index in [4.69, 9.17) is 14.2 Å². The smallest absolute Gasteiger partial charge is 0.208 e. The summed E-state index contributed by atoms with van der Waals surface area (Å²) in [6.07, 6.45) is 0. The second-order valence-electron chi connectivity index (χ2n) is 7.82. The first-order chi connectivity index (χ1) is 16.7. The molecular formula is C26H23N5O3. The van der Waals surface area contributed by atoms with E-state index in [0.29, 0.717) is 24.8 Å². The maximum absolute atomic E-state index is 6.05. The van der Waals surface area contributed by atoms with Crippen molar-refractivity contribution in [3.05, 3.63) is 89.6 Å². The van der Waals surface area contributed by atoms with Gasteiger partial charge in [-0.1, -0.05) is 30.3 Å². The molecule has 0 aliphatic heterocycles.